The van der Waals surface area contributed by atoms with E-state index in [0.29, 0.717) is 0 Å². The van der Waals surface area contributed by atoms with Gasteiger partial charge in [0.25, 0.3) is 5.91 Å². The molecule has 0 radical (unpaired) electrons. The first-order chi connectivity index (χ1) is 9.31. The highest BCUT2D eigenvalue weighted by molar-refractivity contribution is 6.06. The molecular weight excluding hydrogens is 260 g/mol. The van der Waals surface area contributed by atoms with E-state index >= 15 is 0 Å². The summed E-state index contributed by atoms with van der Waals surface area (Å²) in [6, 6.07) is 2.40. The molecule has 6 nitrogen and oxygen atoms in total. The first-order valence-corrected chi connectivity index (χ1v) is 6.22. The maximum atomic E-state index is 12.2. The molecule has 6 heteroatoms. The third kappa shape index (κ3) is 2.36. The minimum atomic E-state index is -1.22. The average molecular weight is 276 g/mol. The number of urea groups is 1. The van der Waals surface area contributed by atoms with Crippen molar-refractivity contribution in [3.05, 3.63) is 34.4 Å². The van der Waals surface area contributed by atoms with Gasteiger partial charge in [-0.1, -0.05) is 17.7 Å². The highest BCUT2D eigenvalue weighted by Gasteiger charge is 2.41. The predicted molar refractivity (Wildman–Crippen MR) is 71.3 cm³/mol. The fourth-order valence-electron chi connectivity index (χ4n) is 2.65. The SMILES string of the molecule is Cc1cc(C)c(C2NC(=O)N(CC(=O)O)C2=O)c(C)c1. The van der Waals surface area contributed by atoms with E-state index in [2.05, 4.69) is 5.32 Å². The van der Waals surface area contributed by atoms with Gasteiger partial charge in [-0.05, 0) is 37.5 Å². The van der Waals surface area contributed by atoms with Gasteiger partial charge < -0.3 is 10.4 Å². The van der Waals surface area contributed by atoms with Crippen molar-refractivity contribution in [1.82, 2.24) is 10.2 Å². The lowest BCUT2D eigenvalue weighted by molar-refractivity contribution is -0.141. The summed E-state index contributed by atoms with van der Waals surface area (Å²) in [5.41, 5.74) is 3.61. The van der Waals surface area contributed by atoms with Crippen LogP contribution < -0.4 is 5.32 Å². The second kappa shape index (κ2) is 4.96. The van der Waals surface area contributed by atoms with E-state index < -0.39 is 30.5 Å². The summed E-state index contributed by atoms with van der Waals surface area (Å²) in [6.07, 6.45) is 0. The largest absolute Gasteiger partial charge is 0.480 e. The van der Waals surface area contributed by atoms with E-state index in [1.165, 1.54) is 0 Å². The Bertz CT molecular complexity index is 586. The van der Waals surface area contributed by atoms with Crippen LogP contribution in [0.15, 0.2) is 12.1 Å². The standard InChI is InChI=1S/C14H16N2O4/c1-7-4-8(2)11(9(3)5-7)12-13(19)16(6-10(17)18)14(20)15-12/h4-5,12H,6H2,1-3H3,(H,15,20)(H,17,18). The number of nitrogens with zero attached hydrogens (tertiary/aromatic N) is 1. The van der Waals surface area contributed by atoms with Crippen LogP contribution in [0.3, 0.4) is 0 Å². The summed E-state index contributed by atoms with van der Waals surface area (Å²) < 4.78 is 0. The van der Waals surface area contributed by atoms with Crippen LogP contribution in [0.4, 0.5) is 4.79 Å². The zero-order valence-electron chi connectivity index (χ0n) is 11.6. The van der Waals surface area contributed by atoms with Gasteiger partial charge in [0.15, 0.2) is 0 Å². The first kappa shape index (κ1) is 14.0. The molecule has 1 aromatic carbocycles. The van der Waals surface area contributed by atoms with E-state index in [4.69, 9.17) is 5.11 Å². The number of carboxylic acid groups (broad SMARTS) is 1. The molecule has 0 spiro atoms. The molecule has 0 bridgehead atoms. The lowest BCUT2D eigenvalue weighted by Gasteiger charge is -2.16. The highest BCUT2D eigenvalue weighted by atomic mass is 16.4. The normalized spacial score (nSPS) is 18.4. The molecule has 1 aromatic rings. The van der Waals surface area contributed by atoms with E-state index in [0.717, 1.165) is 27.2 Å². The Kier molecular flexibility index (Phi) is 3.48. The van der Waals surface area contributed by atoms with Crippen LogP contribution in [-0.4, -0.2) is 34.5 Å². The average Bonchev–Trinajstić information content (AvgIpc) is 2.55. The fourth-order valence-corrected chi connectivity index (χ4v) is 2.65. The maximum absolute atomic E-state index is 12.2. The smallest absolute Gasteiger partial charge is 0.325 e. The maximum Gasteiger partial charge on any atom is 0.325 e. The van der Waals surface area contributed by atoms with E-state index in [1.54, 1.807) is 0 Å². The number of imide groups is 1. The van der Waals surface area contributed by atoms with Gasteiger partial charge in [0.05, 0.1) is 0 Å². The van der Waals surface area contributed by atoms with Gasteiger partial charge in [-0.2, -0.15) is 0 Å². The van der Waals surface area contributed by atoms with Crippen molar-refractivity contribution in [2.24, 2.45) is 0 Å². The molecule has 106 valence electrons. The minimum Gasteiger partial charge on any atom is -0.480 e. The molecule has 0 aliphatic carbocycles. The van der Waals surface area contributed by atoms with Crippen LogP contribution in [0.1, 0.15) is 28.3 Å². The number of aryl methyl sites for hydroxylation is 3. The zero-order chi connectivity index (χ0) is 15.0. The topological polar surface area (TPSA) is 86.7 Å². The number of carbonyl (C=O) groups excluding carboxylic acids is 2. The van der Waals surface area contributed by atoms with Crippen molar-refractivity contribution in [3.8, 4) is 0 Å². The molecule has 0 aromatic heterocycles. The lowest BCUT2D eigenvalue weighted by atomic mass is 9.94. The molecule has 20 heavy (non-hydrogen) atoms. The number of rotatable bonds is 3. The molecule has 3 amide bonds. The molecule has 0 saturated carbocycles. The number of benzene rings is 1. The number of carbonyl (C=O) groups is 3. The third-order valence-corrected chi connectivity index (χ3v) is 3.35. The van der Waals surface area contributed by atoms with Gasteiger partial charge >= 0.3 is 12.0 Å². The lowest BCUT2D eigenvalue weighted by Crippen LogP contribution is -2.35. The van der Waals surface area contributed by atoms with E-state index in [-0.39, 0.29) is 0 Å². The van der Waals surface area contributed by atoms with Crippen molar-refractivity contribution >= 4 is 17.9 Å². The molecule has 1 fully saturated rings. The second-order valence-corrected chi connectivity index (χ2v) is 5.01. The Labute approximate surface area is 116 Å². The summed E-state index contributed by atoms with van der Waals surface area (Å²) in [6.45, 7) is 5.07. The minimum absolute atomic E-state index is 0.521. The number of hydrogen-bond acceptors (Lipinski definition) is 3. The Hall–Kier alpha value is -2.37. The van der Waals surface area contributed by atoms with Crippen LogP contribution in [-0.2, 0) is 9.59 Å². The number of aliphatic carboxylic acids is 1. The molecule has 2 rings (SSSR count). The van der Waals surface area contributed by atoms with E-state index in [9.17, 15) is 14.4 Å². The van der Waals surface area contributed by atoms with Gasteiger partial charge in [-0.15, -0.1) is 0 Å². The first-order valence-electron chi connectivity index (χ1n) is 6.22. The third-order valence-electron chi connectivity index (χ3n) is 3.35. The highest BCUT2D eigenvalue weighted by Crippen LogP contribution is 2.28. The monoisotopic (exact) mass is 276 g/mol. The Balaban J connectivity index is 2.38. The van der Waals surface area contributed by atoms with Gasteiger partial charge in [0, 0.05) is 0 Å². The fraction of sp³-hybridized carbons (Fsp3) is 0.357. The quantitative estimate of drug-likeness (QED) is 0.814. The number of carboxylic acids is 1. The van der Waals surface area contributed by atoms with Crippen molar-refractivity contribution < 1.29 is 19.5 Å². The summed E-state index contributed by atoms with van der Waals surface area (Å²) in [7, 11) is 0. The van der Waals surface area contributed by atoms with E-state index in [1.807, 2.05) is 32.9 Å². The molecule has 1 saturated heterocycles. The molecule has 1 unspecified atom stereocenters. The van der Waals surface area contributed by atoms with Gasteiger partial charge in [-0.3, -0.25) is 14.5 Å². The van der Waals surface area contributed by atoms with Crippen molar-refractivity contribution in [2.75, 3.05) is 6.54 Å². The van der Waals surface area contributed by atoms with Crippen LogP contribution >= 0.6 is 0 Å². The molecule has 1 atom stereocenters. The van der Waals surface area contributed by atoms with Crippen LogP contribution in [0.25, 0.3) is 0 Å². The molecule has 1 aliphatic rings. The van der Waals surface area contributed by atoms with Crippen molar-refractivity contribution in [1.29, 1.82) is 0 Å². The summed E-state index contributed by atoms with van der Waals surface area (Å²) in [5.74, 6) is -1.74. The van der Waals surface area contributed by atoms with Crippen molar-refractivity contribution in [3.63, 3.8) is 0 Å². The van der Waals surface area contributed by atoms with Crippen LogP contribution in [0, 0.1) is 20.8 Å². The zero-order valence-corrected chi connectivity index (χ0v) is 11.6. The number of amides is 3. The number of nitrogens with one attached hydrogen (secondary N) is 1. The molecule has 2 N–H and O–H groups in total. The predicted octanol–water partition coefficient (Wildman–Crippen LogP) is 1.29. The summed E-state index contributed by atoms with van der Waals surface area (Å²) in [5, 5.41) is 11.3. The summed E-state index contributed by atoms with van der Waals surface area (Å²) >= 11 is 0. The van der Waals surface area contributed by atoms with Gasteiger partial charge in [0.2, 0.25) is 0 Å². The van der Waals surface area contributed by atoms with Gasteiger partial charge in [0.1, 0.15) is 12.6 Å². The van der Waals surface area contributed by atoms with Gasteiger partial charge in [-0.25, -0.2) is 4.79 Å². The van der Waals surface area contributed by atoms with Crippen LogP contribution in [0.2, 0.25) is 0 Å². The van der Waals surface area contributed by atoms with Crippen molar-refractivity contribution in [2.45, 2.75) is 26.8 Å². The Morgan fingerprint density at radius 3 is 2.30 bits per heavy atom. The molecular formula is C14H16N2O4. The molecule has 1 heterocycles. The molecule has 1 aliphatic heterocycles. The Morgan fingerprint density at radius 2 is 1.80 bits per heavy atom. The second-order valence-electron chi connectivity index (χ2n) is 5.01. The summed E-state index contributed by atoms with van der Waals surface area (Å²) in [4.78, 5) is 35.4. The van der Waals surface area contributed by atoms with Crippen LogP contribution in [0.5, 0.6) is 0 Å². The Morgan fingerprint density at radius 1 is 1.25 bits per heavy atom. The number of hydrogen-bond donors (Lipinski definition) is 2.